The lowest BCUT2D eigenvalue weighted by molar-refractivity contribution is 0.102. The second kappa shape index (κ2) is 6.79. The van der Waals surface area contributed by atoms with Crippen LogP contribution in [0.4, 0.5) is 5.13 Å². The molecule has 0 unspecified atom stereocenters. The Kier molecular flexibility index (Phi) is 4.65. The summed E-state index contributed by atoms with van der Waals surface area (Å²) in [7, 11) is -3.62. The Morgan fingerprint density at radius 2 is 1.96 bits per heavy atom. The normalized spacial score (nSPS) is 19.0. The van der Waals surface area contributed by atoms with E-state index >= 15 is 0 Å². The number of nitrogens with one attached hydrogen (secondary N) is 1. The summed E-state index contributed by atoms with van der Waals surface area (Å²) in [6, 6.07) is 1.53. The summed E-state index contributed by atoms with van der Waals surface area (Å²) < 4.78 is 27.2. The third-order valence-corrected chi connectivity index (χ3v) is 8.27. The third kappa shape index (κ3) is 3.51. The van der Waals surface area contributed by atoms with Gasteiger partial charge in [-0.05, 0) is 37.1 Å². The summed E-state index contributed by atoms with van der Waals surface area (Å²) >= 11 is 2.54. The number of amides is 1. The van der Waals surface area contributed by atoms with Gasteiger partial charge in [0.25, 0.3) is 5.91 Å². The zero-order valence-electron chi connectivity index (χ0n) is 13.6. The highest BCUT2D eigenvalue weighted by molar-refractivity contribution is 7.89. The van der Waals surface area contributed by atoms with Gasteiger partial charge in [-0.1, -0.05) is 6.42 Å². The average molecular weight is 398 g/mol. The fourth-order valence-electron chi connectivity index (χ4n) is 2.97. The minimum Gasteiger partial charge on any atom is -0.297 e. The molecule has 1 N–H and O–H groups in total. The van der Waals surface area contributed by atoms with Gasteiger partial charge in [0.1, 0.15) is 9.77 Å². The van der Waals surface area contributed by atoms with Crippen molar-refractivity contribution in [1.29, 1.82) is 0 Å². The van der Waals surface area contributed by atoms with Gasteiger partial charge >= 0.3 is 0 Å². The smallest absolute Gasteiger partial charge is 0.268 e. The van der Waals surface area contributed by atoms with Crippen molar-refractivity contribution in [2.45, 2.75) is 42.9 Å². The molecule has 2 aromatic rings. The summed E-state index contributed by atoms with van der Waals surface area (Å²) in [5, 5.41) is 6.91. The number of carbonyl (C=O) groups excluding carboxylic acids is 1. The summed E-state index contributed by atoms with van der Waals surface area (Å²) in [5.41, 5.74) is 1.02. The molecule has 1 aliphatic carbocycles. The van der Waals surface area contributed by atoms with Crippen LogP contribution >= 0.6 is 22.7 Å². The zero-order chi connectivity index (χ0) is 17.4. The minimum atomic E-state index is -3.62. The van der Waals surface area contributed by atoms with Crippen molar-refractivity contribution in [3.05, 3.63) is 27.4 Å². The molecular weight excluding hydrogens is 378 g/mol. The second-order valence-electron chi connectivity index (χ2n) is 6.38. The van der Waals surface area contributed by atoms with Crippen molar-refractivity contribution in [1.82, 2.24) is 9.29 Å². The number of sulfonamides is 1. The van der Waals surface area contributed by atoms with E-state index < -0.39 is 15.9 Å². The van der Waals surface area contributed by atoms with E-state index in [4.69, 9.17) is 0 Å². The molecule has 0 bridgehead atoms. The molecule has 1 saturated carbocycles. The number of piperidine rings is 1. The van der Waals surface area contributed by atoms with Gasteiger partial charge in [0.05, 0.1) is 5.69 Å². The highest BCUT2D eigenvalue weighted by atomic mass is 32.2. The highest BCUT2D eigenvalue weighted by Gasteiger charge is 2.31. The third-order valence-electron chi connectivity index (χ3n) is 4.51. The Morgan fingerprint density at radius 3 is 2.68 bits per heavy atom. The van der Waals surface area contributed by atoms with E-state index in [0.29, 0.717) is 24.1 Å². The van der Waals surface area contributed by atoms with Gasteiger partial charge in [-0.15, -0.1) is 22.7 Å². The minimum absolute atomic E-state index is 0.107. The lowest BCUT2D eigenvalue weighted by Gasteiger charge is -2.25. The molecule has 1 saturated heterocycles. The van der Waals surface area contributed by atoms with Crippen LogP contribution in [0, 0.1) is 0 Å². The molecule has 1 amide bonds. The number of thiazole rings is 1. The van der Waals surface area contributed by atoms with Crippen LogP contribution in [-0.4, -0.2) is 36.7 Å². The highest BCUT2D eigenvalue weighted by Crippen LogP contribution is 2.41. The van der Waals surface area contributed by atoms with Gasteiger partial charge in [-0.25, -0.2) is 13.4 Å². The van der Waals surface area contributed by atoms with Crippen LogP contribution in [0.1, 0.15) is 53.4 Å². The molecule has 25 heavy (non-hydrogen) atoms. The Morgan fingerprint density at radius 1 is 1.20 bits per heavy atom. The van der Waals surface area contributed by atoms with Crippen LogP contribution in [0.3, 0.4) is 0 Å². The molecular formula is C16H19N3O3S3. The monoisotopic (exact) mass is 397 g/mol. The second-order valence-corrected chi connectivity index (χ2v) is 10.1. The number of hydrogen-bond donors (Lipinski definition) is 1. The van der Waals surface area contributed by atoms with E-state index in [-0.39, 0.29) is 9.77 Å². The topological polar surface area (TPSA) is 79.4 Å². The van der Waals surface area contributed by atoms with Crippen molar-refractivity contribution < 1.29 is 13.2 Å². The first-order valence-electron chi connectivity index (χ1n) is 8.40. The van der Waals surface area contributed by atoms with Crippen molar-refractivity contribution >= 4 is 43.7 Å². The lowest BCUT2D eigenvalue weighted by Crippen LogP contribution is -2.36. The van der Waals surface area contributed by atoms with Crippen LogP contribution < -0.4 is 5.32 Å². The van der Waals surface area contributed by atoms with Crippen molar-refractivity contribution in [3.63, 3.8) is 0 Å². The van der Waals surface area contributed by atoms with Gasteiger partial charge in [0, 0.05) is 24.4 Å². The molecule has 2 fully saturated rings. The van der Waals surface area contributed by atoms with Gasteiger partial charge in [0.2, 0.25) is 10.0 Å². The Balaban J connectivity index is 1.54. The fourth-order valence-corrected chi connectivity index (χ4v) is 6.57. The van der Waals surface area contributed by atoms with Gasteiger partial charge in [0.15, 0.2) is 5.13 Å². The maximum atomic E-state index is 12.9. The van der Waals surface area contributed by atoms with E-state index in [1.165, 1.54) is 21.7 Å². The van der Waals surface area contributed by atoms with Crippen LogP contribution in [0.5, 0.6) is 0 Å². The summed E-state index contributed by atoms with van der Waals surface area (Å²) in [4.78, 5) is 17.4. The van der Waals surface area contributed by atoms with E-state index in [9.17, 15) is 13.2 Å². The van der Waals surface area contributed by atoms with E-state index in [2.05, 4.69) is 10.3 Å². The summed E-state index contributed by atoms with van der Waals surface area (Å²) in [6.45, 7) is 1.05. The molecule has 2 aliphatic rings. The molecule has 2 aromatic heterocycles. The standard InChI is InChI=1S/C16H19N3O3S3/c20-15(18-16-17-12(10-24-16)11-4-5-11)14-13(6-9-23-14)25(21,22)19-7-2-1-3-8-19/h6,9-11H,1-5,7-8H2,(H,17,18,20). The number of anilines is 1. The number of carbonyl (C=O) groups is 1. The van der Waals surface area contributed by atoms with Gasteiger partial charge in [-0.2, -0.15) is 4.31 Å². The number of rotatable bonds is 5. The largest absolute Gasteiger partial charge is 0.297 e. The van der Waals surface area contributed by atoms with Crippen LogP contribution in [0.25, 0.3) is 0 Å². The van der Waals surface area contributed by atoms with Crippen LogP contribution in [-0.2, 0) is 10.0 Å². The maximum absolute atomic E-state index is 12.9. The quantitative estimate of drug-likeness (QED) is 0.837. The van der Waals surface area contributed by atoms with Crippen molar-refractivity contribution in [2.75, 3.05) is 18.4 Å². The Bertz CT molecular complexity index is 877. The molecule has 6 nitrogen and oxygen atoms in total. The molecule has 134 valence electrons. The molecule has 1 aliphatic heterocycles. The predicted octanol–water partition coefficient (Wildman–Crippen LogP) is 3.51. The first kappa shape index (κ1) is 17.1. The van der Waals surface area contributed by atoms with E-state index in [1.54, 1.807) is 5.38 Å². The van der Waals surface area contributed by atoms with Crippen LogP contribution in [0.2, 0.25) is 0 Å². The number of thiophene rings is 1. The van der Waals surface area contributed by atoms with Crippen molar-refractivity contribution in [2.24, 2.45) is 0 Å². The van der Waals surface area contributed by atoms with Crippen LogP contribution in [0.15, 0.2) is 21.7 Å². The SMILES string of the molecule is O=C(Nc1nc(C2CC2)cs1)c1sccc1S(=O)(=O)N1CCCCC1. The predicted molar refractivity (Wildman–Crippen MR) is 99.0 cm³/mol. The van der Waals surface area contributed by atoms with Gasteiger partial charge in [-0.3, -0.25) is 10.1 Å². The lowest BCUT2D eigenvalue weighted by atomic mass is 10.2. The average Bonchev–Trinajstić information content (AvgIpc) is 3.15. The number of hydrogen-bond acceptors (Lipinski definition) is 6. The molecule has 0 radical (unpaired) electrons. The van der Waals surface area contributed by atoms with Gasteiger partial charge < -0.3 is 0 Å². The molecule has 9 heteroatoms. The van der Waals surface area contributed by atoms with Crippen molar-refractivity contribution in [3.8, 4) is 0 Å². The van der Waals surface area contributed by atoms with E-state index in [1.807, 2.05) is 5.38 Å². The zero-order valence-corrected chi connectivity index (χ0v) is 16.1. The first-order valence-corrected chi connectivity index (χ1v) is 11.6. The Labute approximate surface area is 154 Å². The first-order chi connectivity index (χ1) is 12.1. The fraction of sp³-hybridized carbons (Fsp3) is 0.500. The molecule has 0 spiro atoms. The molecule has 0 aromatic carbocycles. The molecule has 3 heterocycles. The number of nitrogens with zero attached hydrogens (tertiary/aromatic N) is 2. The molecule has 4 rings (SSSR count). The summed E-state index contributed by atoms with van der Waals surface area (Å²) in [6.07, 6.45) is 5.10. The Hall–Kier alpha value is -1.29. The number of aromatic nitrogens is 1. The van der Waals surface area contributed by atoms with E-state index in [0.717, 1.165) is 49.1 Å². The molecule has 0 atom stereocenters. The maximum Gasteiger partial charge on any atom is 0.268 e. The summed E-state index contributed by atoms with van der Waals surface area (Å²) in [5.74, 6) is 0.126.